The van der Waals surface area contributed by atoms with Crippen molar-refractivity contribution < 1.29 is 4.79 Å². The molecule has 136 valence electrons. The molecule has 1 amide bonds. The van der Waals surface area contributed by atoms with Gasteiger partial charge < -0.3 is 10.3 Å². The highest BCUT2D eigenvalue weighted by molar-refractivity contribution is 5.94. The summed E-state index contributed by atoms with van der Waals surface area (Å²) in [4.78, 5) is 36.1. The molecule has 0 spiro atoms. The van der Waals surface area contributed by atoms with Gasteiger partial charge in [0.05, 0.1) is 5.69 Å². The van der Waals surface area contributed by atoms with E-state index in [-0.39, 0.29) is 17.0 Å². The lowest BCUT2D eigenvalue weighted by molar-refractivity contribution is 0.0952. The van der Waals surface area contributed by atoms with E-state index in [9.17, 15) is 9.59 Å². The Balaban J connectivity index is 1.40. The van der Waals surface area contributed by atoms with Gasteiger partial charge in [0.1, 0.15) is 11.4 Å². The molecule has 0 bridgehead atoms. The number of aryl methyl sites for hydroxylation is 2. The largest absolute Gasteiger partial charge is 0.351 e. The highest BCUT2D eigenvalue weighted by atomic mass is 16.2. The highest BCUT2D eigenvalue weighted by Gasteiger charge is 2.17. The van der Waals surface area contributed by atoms with Crippen LogP contribution in [0.15, 0.2) is 53.5 Å². The molecule has 0 aliphatic heterocycles. The maximum atomic E-state index is 12.4. The number of nitrogens with zero attached hydrogens (tertiary/aromatic N) is 2. The Morgan fingerprint density at radius 1 is 1.15 bits per heavy atom. The summed E-state index contributed by atoms with van der Waals surface area (Å²) >= 11 is 0. The minimum Gasteiger partial charge on any atom is -0.351 e. The molecule has 0 atom stereocenters. The second-order valence-corrected chi connectivity index (χ2v) is 6.60. The molecule has 27 heavy (non-hydrogen) atoms. The summed E-state index contributed by atoms with van der Waals surface area (Å²) < 4.78 is 0. The minimum atomic E-state index is -0.356. The lowest BCUT2D eigenvalue weighted by atomic mass is 10.1. The van der Waals surface area contributed by atoms with Gasteiger partial charge in [-0.25, -0.2) is 9.97 Å². The van der Waals surface area contributed by atoms with Crippen LogP contribution in [0.4, 0.5) is 0 Å². The van der Waals surface area contributed by atoms with Gasteiger partial charge in [0, 0.05) is 30.4 Å². The van der Waals surface area contributed by atoms with Gasteiger partial charge in [0.2, 0.25) is 0 Å². The first-order valence-corrected chi connectivity index (χ1v) is 9.11. The van der Waals surface area contributed by atoms with Crippen molar-refractivity contribution in [3.8, 4) is 11.3 Å². The summed E-state index contributed by atoms with van der Waals surface area (Å²) in [6, 6.07) is 13.5. The van der Waals surface area contributed by atoms with E-state index in [1.54, 1.807) is 12.3 Å². The molecular weight excluding hydrogens is 340 g/mol. The molecule has 1 aromatic carbocycles. The van der Waals surface area contributed by atoms with Crippen molar-refractivity contribution in [3.05, 3.63) is 81.7 Å². The van der Waals surface area contributed by atoms with Crippen molar-refractivity contribution >= 4 is 5.91 Å². The number of amides is 1. The zero-order valence-corrected chi connectivity index (χ0v) is 14.9. The second kappa shape index (κ2) is 7.53. The van der Waals surface area contributed by atoms with Gasteiger partial charge in [0.25, 0.3) is 11.5 Å². The number of nitrogens with one attached hydrogen (secondary N) is 2. The molecule has 4 rings (SSSR count). The minimum absolute atomic E-state index is 0.176. The number of hydrogen-bond donors (Lipinski definition) is 2. The number of carbonyl (C=O) groups excluding carboxylic acids is 1. The molecule has 1 aliphatic carbocycles. The van der Waals surface area contributed by atoms with Gasteiger partial charge in [-0.15, -0.1) is 0 Å². The van der Waals surface area contributed by atoms with Crippen LogP contribution in [0, 0.1) is 0 Å². The van der Waals surface area contributed by atoms with Gasteiger partial charge >= 0.3 is 0 Å². The SMILES string of the molecule is O=C(NCCc1nccc(-c2ccccc2)n1)c1cc2c([nH]c1=O)CCC2. The van der Waals surface area contributed by atoms with Crippen molar-refractivity contribution in [2.24, 2.45) is 0 Å². The average Bonchev–Trinajstić information content (AvgIpc) is 3.15. The monoisotopic (exact) mass is 360 g/mol. The van der Waals surface area contributed by atoms with Crippen LogP contribution in [-0.4, -0.2) is 27.4 Å². The van der Waals surface area contributed by atoms with E-state index < -0.39 is 0 Å². The smallest absolute Gasteiger partial charge is 0.261 e. The van der Waals surface area contributed by atoms with Crippen molar-refractivity contribution in [2.75, 3.05) is 6.54 Å². The number of pyridine rings is 1. The first kappa shape index (κ1) is 17.1. The van der Waals surface area contributed by atoms with Crippen LogP contribution in [0.25, 0.3) is 11.3 Å². The van der Waals surface area contributed by atoms with Crippen LogP contribution in [0.1, 0.15) is 33.9 Å². The van der Waals surface area contributed by atoms with Gasteiger partial charge in [-0.3, -0.25) is 9.59 Å². The predicted octanol–water partition coefficient (Wildman–Crippen LogP) is 2.29. The molecule has 6 heteroatoms. The number of rotatable bonds is 5. The second-order valence-electron chi connectivity index (χ2n) is 6.60. The zero-order chi connectivity index (χ0) is 18.6. The van der Waals surface area contributed by atoms with E-state index in [0.29, 0.717) is 18.8 Å². The van der Waals surface area contributed by atoms with Crippen LogP contribution in [0.2, 0.25) is 0 Å². The lowest BCUT2D eigenvalue weighted by Gasteiger charge is -2.07. The van der Waals surface area contributed by atoms with E-state index in [0.717, 1.165) is 41.8 Å². The van der Waals surface area contributed by atoms with Crippen LogP contribution >= 0.6 is 0 Å². The molecule has 3 aromatic rings. The van der Waals surface area contributed by atoms with Crippen LogP contribution in [-0.2, 0) is 19.3 Å². The molecule has 0 fully saturated rings. The van der Waals surface area contributed by atoms with Crippen molar-refractivity contribution in [3.63, 3.8) is 0 Å². The number of aromatic amines is 1. The molecule has 2 heterocycles. The Hall–Kier alpha value is -3.28. The molecule has 0 saturated carbocycles. The van der Waals surface area contributed by atoms with Gasteiger partial charge in [-0.2, -0.15) is 0 Å². The fraction of sp³-hybridized carbons (Fsp3) is 0.238. The third kappa shape index (κ3) is 3.79. The summed E-state index contributed by atoms with van der Waals surface area (Å²) in [6.45, 7) is 0.369. The Labute approximate surface area is 156 Å². The number of aromatic nitrogens is 3. The van der Waals surface area contributed by atoms with Crippen LogP contribution in [0.3, 0.4) is 0 Å². The summed E-state index contributed by atoms with van der Waals surface area (Å²) in [7, 11) is 0. The number of carbonyl (C=O) groups is 1. The normalized spacial score (nSPS) is 12.6. The topological polar surface area (TPSA) is 87.7 Å². The molecule has 0 unspecified atom stereocenters. The maximum Gasteiger partial charge on any atom is 0.261 e. The number of hydrogen-bond acceptors (Lipinski definition) is 4. The van der Waals surface area contributed by atoms with Crippen molar-refractivity contribution in [1.29, 1.82) is 0 Å². The summed E-state index contributed by atoms with van der Waals surface area (Å²) in [5.41, 5.74) is 3.75. The van der Waals surface area contributed by atoms with Gasteiger partial charge in [-0.1, -0.05) is 30.3 Å². The number of H-pyrrole nitrogens is 1. The van der Waals surface area contributed by atoms with Crippen molar-refractivity contribution in [1.82, 2.24) is 20.3 Å². The Kier molecular flexibility index (Phi) is 4.78. The third-order valence-electron chi connectivity index (χ3n) is 4.74. The van der Waals surface area contributed by atoms with Crippen LogP contribution in [0.5, 0.6) is 0 Å². The fourth-order valence-electron chi connectivity index (χ4n) is 3.35. The van der Waals surface area contributed by atoms with Gasteiger partial charge in [-0.05, 0) is 37.0 Å². The Bertz CT molecular complexity index is 1030. The molecule has 1 aliphatic rings. The molecule has 0 radical (unpaired) electrons. The van der Waals surface area contributed by atoms with E-state index in [4.69, 9.17) is 0 Å². The first-order valence-electron chi connectivity index (χ1n) is 9.11. The average molecular weight is 360 g/mol. The summed E-state index contributed by atoms with van der Waals surface area (Å²) in [6.07, 6.45) is 5.02. The molecule has 0 saturated heterocycles. The summed E-state index contributed by atoms with van der Waals surface area (Å²) in [5, 5.41) is 2.80. The van der Waals surface area contributed by atoms with E-state index in [1.807, 2.05) is 36.4 Å². The van der Waals surface area contributed by atoms with Crippen molar-refractivity contribution in [2.45, 2.75) is 25.7 Å². The van der Waals surface area contributed by atoms with E-state index in [1.165, 1.54) is 0 Å². The number of benzene rings is 1. The predicted molar refractivity (Wildman–Crippen MR) is 103 cm³/mol. The molecular formula is C21H20N4O2. The fourth-order valence-corrected chi connectivity index (χ4v) is 3.35. The van der Waals surface area contributed by atoms with Gasteiger partial charge in [0.15, 0.2) is 0 Å². The summed E-state index contributed by atoms with van der Waals surface area (Å²) in [5.74, 6) is 0.296. The third-order valence-corrected chi connectivity index (χ3v) is 4.74. The quantitative estimate of drug-likeness (QED) is 0.731. The first-order chi connectivity index (χ1) is 13.2. The zero-order valence-electron chi connectivity index (χ0n) is 14.9. The van der Waals surface area contributed by atoms with E-state index in [2.05, 4.69) is 20.3 Å². The Morgan fingerprint density at radius 3 is 2.85 bits per heavy atom. The lowest BCUT2D eigenvalue weighted by Crippen LogP contribution is -2.31. The number of fused-ring (bicyclic) bond motifs is 1. The maximum absolute atomic E-state index is 12.4. The molecule has 2 aromatic heterocycles. The van der Waals surface area contributed by atoms with Crippen LogP contribution < -0.4 is 10.9 Å². The molecule has 6 nitrogen and oxygen atoms in total. The van der Waals surface area contributed by atoms with E-state index >= 15 is 0 Å². The highest BCUT2D eigenvalue weighted by Crippen LogP contribution is 2.19. The molecule has 2 N–H and O–H groups in total. The standard InChI is InChI=1S/C21H20N4O2/c26-20(16-13-15-7-4-8-17(15)25-21(16)27)23-12-10-19-22-11-9-18(24-19)14-5-2-1-3-6-14/h1-3,5-6,9,11,13H,4,7-8,10,12H2,(H,23,26)(H,25,27). The Morgan fingerprint density at radius 2 is 2.00 bits per heavy atom.